The maximum atomic E-state index is 13.1. The predicted molar refractivity (Wildman–Crippen MR) is 133 cm³/mol. The summed E-state index contributed by atoms with van der Waals surface area (Å²) in [5, 5.41) is 8.99. The van der Waals surface area contributed by atoms with Crippen molar-refractivity contribution in [3.63, 3.8) is 0 Å². The number of aliphatic hydroxyl groups is 1. The minimum atomic E-state index is -0.454. The number of aromatic nitrogens is 2. The number of halogens is 1. The summed E-state index contributed by atoms with van der Waals surface area (Å²) in [6.45, 7) is 2.13. The summed E-state index contributed by atoms with van der Waals surface area (Å²) >= 11 is 3.36. The van der Waals surface area contributed by atoms with Crippen molar-refractivity contribution in [3.8, 4) is 5.69 Å². The molecule has 3 aromatic rings. The van der Waals surface area contributed by atoms with Crippen LogP contribution in [0.2, 0.25) is 0 Å². The van der Waals surface area contributed by atoms with Crippen molar-refractivity contribution in [1.82, 2.24) is 9.55 Å². The van der Waals surface area contributed by atoms with E-state index >= 15 is 0 Å². The molecule has 2 heterocycles. The molecule has 4 rings (SSSR count). The number of fused-ring (bicyclic) bond motifs is 4. The first-order valence-electron chi connectivity index (χ1n) is 11.4. The van der Waals surface area contributed by atoms with Gasteiger partial charge >= 0.3 is 5.97 Å². The van der Waals surface area contributed by atoms with Crippen LogP contribution in [0.4, 0.5) is 0 Å². The number of aliphatic hydroxyl groups excluding tert-OH is 1. The molecule has 0 saturated heterocycles. The average molecular weight is 561 g/mol. The number of nitrogens with zero attached hydrogens (tertiary/aromatic N) is 2. The number of benzene rings is 2. The van der Waals surface area contributed by atoms with E-state index in [0.29, 0.717) is 54.1 Å². The lowest BCUT2D eigenvalue weighted by molar-refractivity contribution is -0.144. The SMILES string of the molecule is O=C(Cc1ccc2c(c1)C(=O)c1nc3ccc(Br)cc3c(=O)n1-2)OCCOCCOCCOCCO. The van der Waals surface area contributed by atoms with Crippen LogP contribution in [-0.4, -0.2) is 79.3 Å². The summed E-state index contributed by atoms with van der Waals surface area (Å²) in [6.07, 6.45) is -0.0227. The van der Waals surface area contributed by atoms with Gasteiger partial charge in [-0.3, -0.25) is 19.0 Å². The van der Waals surface area contributed by atoms with E-state index < -0.39 is 5.97 Å². The molecule has 0 amide bonds. The number of carbonyl (C=O) groups is 2. The highest BCUT2D eigenvalue weighted by atomic mass is 79.9. The van der Waals surface area contributed by atoms with Gasteiger partial charge in [-0.2, -0.15) is 0 Å². The quantitative estimate of drug-likeness (QED) is 0.192. The summed E-state index contributed by atoms with van der Waals surface area (Å²) in [4.78, 5) is 42.7. The van der Waals surface area contributed by atoms with Gasteiger partial charge < -0.3 is 24.1 Å². The standard InChI is InChI=1S/C25H25BrN2O8/c26-17-2-3-20-18(15-17)25(32)28-21-4-1-16(13-19(21)23(31)24(28)27-20)14-22(30)36-12-11-35-10-9-34-8-7-33-6-5-29/h1-4,13,15,29H,5-12,14H2. The summed E-state index contributed by atoms with van der Waals surface area (Å²) in [5.41, 5.74) is 1.49. The van der Waals surface area contributed by atoms with E-state index in [9.17, 15) is 14.4 Å². The number of ether oxygens (including phenoxy) is 4. The van der Waals surface area contributed by atoms with Crippen molar-refractivity contribution in [2.75, 3.05) is 52.9 Å². The Bertz CT molecular complexity index is 1320. The van der Waals surface area contributed by atoms with Crippen molar-refractivity contribution < 1.29 is 33.6 Å². The zero-order valence-corrected chi connectivity index (χ0v) is 21.0. The molecule has 1 aliphatic heterocycles. The Hall–Kier alpha value is -2.96. The van der Waals surface area contributed by atoms with Crippen LogP contribution in [-0.2, 0) is 30.2 Å². The molecule has 11 heteroatoms. The average Bonchev–Trinajstić information content (AvgIpc) is 3.14. The molecule has 1 N–H and O–H groups in total. The van der Waals surface area contributed by atoms with Gasteiger partial charge in [0.2, 0.25) is 5.78 Å². The molecular weight excluding hydrogens is 536 g/mol. The minimum Gasteiger partial charge on any atom is -0.463 e. The summed E-state index contributed by atoms with van der Waals surface area (Å²) in [6, 6.07) is 10.1. The van der Waals surface area contributed by atoms with E-state index in [4.69, 9.17) is 24.1 Å². The Balaban J connectivity index is 1.28. The molecule has 0 spiro atoms. The topological polar surface area (TPSA) is 126 Å². The fourth-order valence-electron chi connectivity index (χ4n) is 3.76. The van der Waals surface area contributed by atoms with E-state index in [1.54, 1.807) is 36.4 Å². The molecule has 190 valence electrons. The molecule has 0 saturated carbocycles. The maximum absolute atomic E-state index is 13.1. The monoisotopic (exact) mass is 560 g/mol. The maximum Gasteiger partial charge on any atom is 0.310 e. The highest BCUT2D eigenvalue weighted by molar-refractivity contribution is 9.10. The van der Waals surface area contributed by atoms with Crippen molar-refractivity contribution in [3.05, 3.63) is 68.2 Å². The van der Waals surface area contributed by atoms with E-state index in [1.165, 1.54) is 4.57 Å². The summed E-state index contributed by atoms with van der Waals surface area (Å²) in [7, 11) is 0. The first-order valence-corrected chi connectivity index (χ1v) is 12.2. The van der Waals surface area contributed by atoms with Crippen molar-refractivity contribution in [2.24, 2.45) is 0 Å². The summed E-state index contributed by atoms with van der Waals surface area (Å²) < 4.78 is 23.0. The van der Waals surface area contributed by atoms with Crippen LogP contribution in [0.5, 0.6) is 0 Å². The van der Waals surface area contributed by atoms with E-state index in [1.807, 2.05) is 0 Å². The molecule has 1 aromatic heterocycles. The highest BCUT2D eigenvalue weighted by Gasteiger charge is 2.30. The van der Waals surface area contributed by atoms with Crippen LogP contribution in [0.3, 0.4) is 0 Å². The smallest absolute Gasteiger partial charge is 0.310 e. The van der Waals surface area contributed by atoms with E-state index in [2.05, 4.69) is 20.9 Å². The van der Waals surface area contributed by atoms with Gasteiger partial charge in [0.25, 0.3) is 5.56 Å². The van der Waals surface area contributed by atoms with Crippen LogP contribution in [0, 0.1) is 0 Å². The number of carbonyl (C=O) groups excluding carboxylic acids is 2. The van der Waals surface area contributed by atoms with Crippen LogP contribution in [0.1, 0.15) is 21.7 Å². The minimum absolute atomic E-state index is 0.0184. The van der Waals surface area contributed by atoms with Gasteiger partial charge in [0.05, 0.1) is 74.8 Å². The molecule has 0 unspecified atom stereocenters. The molecule has 0 atom stereocenters. The molecule has 0 radical (unpaired) electrons. The van der Waals surface area contributed by atoms with Crippen LogP contribution < -0.4 is 5.56 Å². The van der Waals surface area contributed by atoms with Crippen molar-refractivity contribution >= 4 is 38.6 Å². The second kappa shape index (κ2) is 12.3. The molecule has 0 bridgehead atoms. The third-order valence-corrected chi connectivity index (χ3v) is 5.89. The van der Waals surface area contributed by atoms with Gasteiger partial charge in [0, 0.05) is 4.47 Å². The molecule has 0 fully saturated rings. The lowest BCUT2D eigenvalue weighted by Gasteiger charge is -2.08. The Labute approximate surface area is 214 Å². The van der Waals surface area contributed by atoms with Gasteiger partial charge in [0.15, 0.2) is 5.82 Å². The molecule has 2 aromatic carbocycles. The third kappa shape index (κ3) is 6.05. The van der Waals surface area contributed by atoms with Gasteiger partial charge in [-0.25, -0.2) is 4.98 Å². The Morgan fingerprint density at radius 1 is 0.917 bits per heavy atom. The number of esters is 1. The number of hydrogen-bond acceptors (Lipinski definition) is 9. The largest absolute Gasteiger partial charge is 0.463 e. The van der Waals surface area contributed by atoms with E-state index in [-0.39, 0.29) is 50.0 Å². The van der Waals surface area contributed by atoms with Gasteiger partial charge in [-0.05, 0) is 35.9 Å². The third-order valence-electron chi connectivity index (χ3n) is 5.40. The first-order chi connectivity index (χ1) is 17.5. The zero-order valence-electron chi connectivity index (χ0n) is 19.4. The fraction of sp³-hybridized carbons (Fsp3) is 0.360. The Kier molecular flexibility index (Phi) is 8.94. The lowest BCUT2D eigenvalue weighted by atomic mass is 10.1. The highest BCUT2D eigenvalue weighted by Crippen LogP contribution is 2.28. The molecule has 1 aliphatic rings. The molecular formula is C25H25BrN2O8. The van der Waals surface area contributed by atoms with Crippen LogP contribution in [0.25, 0.3) is 16.6 Å². The number of rotatable bonds is 13. The Morgan fingerprint density at radius 3 is 2.33 bits per heavy atom. The van der Waals surface area contributed by atoms with E-state index in [0.717, 1.165) is 4.47 Å². The number of ketones is 1. The zero-order chi connectivity index (χ0) is 25.5. The lowest BCUT2D eigenvalue weighted by Crippen LogP contribution is -2.21. The molecule has 0 aliphatic carbocycles. The van der Waals surface area contributed by atoms with Crippen molar-refractivity contribution in [1.29, 1.82) is 0 Å². The normalized spacial score (nSPS) is 12.1. The van der Waals surface area contributed by atoms with Crippen molar-refractivity contribution in [2.45, 2.75) is 6.42 Å². The Morgan fingerprint density at radius 2 is 1.61 bits per heavy atom. The van der Waals surface area contributed by atoms with Crippen LogP contribution >= 0.6 is 15.9 Å². The van der Waals surface area contributed by atoms with Gasteiger partial charge in [-0.1, -0.05) is 22.0 Å². The molecule has 36 heavy (non-hydrogen) atoms. The second-order valence-electron chi connectivity index (χ2n) is 7.88. The predicted octanol–water partition coefficient (Wildman–Crippen LogP) is 1.82. The molecule has 10 nitrogen and oxygen atoms in total. The van der Waals surface area contributed by atoms with Gasteiger partial charge in [0.1, 0.15) is 6.61 Å². The number of hydrogen-bond donors (Lipinski definition) is 1. The fourth-order valence-corrected chi connectivity index (χ4v) is 4.12. The second-order valence-corrected chi connectivity index (χ2v) is 8.79. The van der Waals surface area contributed by atoms with Crippen LogP contribution in [0.15, 0.2) is 45.7 Å². The first kappa shape index (κ1) is 26.1. The van der Waals surface area contributed by atoms with Gasteiger partial charge in [-0.15, -0.1) is 0 Å². The summed E-state index contributed by atoms with van der Waals surface area (Å²) in [5.74, 6) is -0.759.